The molecule has 0 saturated heterocycles. The van der Waals surface area contributed by atoms with Gasteiger partial charge in [0.1, 0.15) is 16.7 Å². The Morgan fingerprint density at radius 1 is 0.973 bits per heavy atom. The number of alkyl halides is 3. The molecule has 0 aliphatic rings. The van der Waals surface area contributed by atoms with Gasteiger partial charge in [0.25, 0.3) is 0 Å². The highest BCUT2D eigenvalue weighted by Crippen LogP contribution is 2.37. The van der Waals surface area contributed by atoms with Gasteiger partial charge in [0.2, 0.25) is 0 Å². The van der Waals surface area contributed by atoms with Crippen LogP contribution in [0.25, 0.3) is 11.1 Å². The molecule has 2 aromatic carbocycles. The van der Waals surface area contributed by atoms with Crippen molar-refractivity contribution < 1.29 is 27.4 Å². The summed E-state index contributed by atoms with van der Waals surface area (Å²) in [6.07, 6.45) is -5.61. The molecule has 3 aromatic rings. The van der Waals surface area contributed by atoms with Crippen molar-refractivity contribution in [1.29, 1.82) is 0 Å². The summed E-state index contributed by atoms with van der Waals surface area (Å²) in [7, 11) is 0. The average Bonchev–Trinajstić information content (AvgIpc) is 3.27. The van der Waals surface area contributed by atoms with Gasteiger partial charge in [-0.1, -0.05) is 45.0 Å². The molecule has 1 aromatic heterocycles. The molecule has 7 heteroatoms. The number of carbonyl (C=O) groups is 1. The van der Waals surface area contributed by atoms with Crippen molar-refractivity contribution in [2.75, 3.05) is 6.61 Å². The van der Waals surface area contributed by atoms with Crippen molar-refractivity contribution in [2.45, 2.75) is 78.5 Å². The molecule has 37 heavy (non-hydrogen) atoms. The zero-order valence-corrected chi connectivity index (χ0v) is 23.1. The maximum absolute atomic E-state index is 12.8. The molecule has 1 heterocycles. The van der Waals surface area contributed by atoms with E-state index >= 15 is 0 Å². The summed E-state index contributed by atoms with van der Waals surface area (Å²) in [5.74, 6) is 0.148. The van der Waals surface area contributed by atoms with E-state index in [2.05, 4.69) is 45.0 Å². The number of hydrogen-bond acceptors (Lipinski definition) is 4. The number of ether oxygens (including phenoxy) is 2. The molecule has 0 bridgehead atoms. The SMILES string of the molecule is CCOC(=O)c1ccc(C(CCCC(F)(F)F)Oc2cc(C)c(-c3ccc(C(C)(C)C)cc3)c(C)c2)s1. The minimum Gasteiger partial charge on any atom is -0.485 e. The molecule has 0 amide bonds. The fraction of sp³-hybridized carbons (Fsp3) is 0.433. The van der Waals surface area contributed by atoms with E-state index in [4.69, 9.17) is 9.47 Å². The lowest BCUT2D eigenvalue weighted by atomic mass is 9.85. The van der Waals surface area contributed by atoms with Crippen LogP contribution < -0.4 is 4.74 Å². The third kappa shape index (κ3) is 7.84. The summed E-state index contributed by atoms with van der Waals surface area (Å²) in [5, 5.41) is 0. The standard InChI is InChI=1S/C30H35F3O3S/c1-7-35-28(34)26-15-14-25(37-26)24(9-8-16-30(31,32)33)36-23-17-19(2)27(20(3)18-23)21-10-12-22(13-11-21)29(4,5)6/h10-15,17-18,24H,7-9,16H2,1-6H3. The number of hydrogen-bond donors (Lipinski definition) is 0. The molecule has 1 atom stereocenters. The van der Waals surface area contributed by atoms with Crippen molar-refractivity contribution in [3.05, 3.63) is 75.0 Å². The van der Waals surface area contributed by atoms with Gasteiger partial charge in [-0.25, -0.2) is 4.79 Å². The molecule has 0 radical (unpaired) electrons. The van der Waals surface area contributed by atoms with E-state index in [1.807, 2.05) is 26.0 Å². The van der Waals surface area contributed by atoms with Crippen LogP contribution in [-0.4, -0.2) is 18.8 Å². The second kappa shape index (κ2) is 11.7. The molecule has 0 aliphatic carbocycles. The van der Waals surface area contributed by atoms with E-state index in [-0.39, 0.29) is 24.9 Å². The zero-order valence-electron chi connectivity index (χ0n) is 22.3. The Morgan fingerprint density at radius 3 is 2.14 bits per heavy atom. The van der Waals surface area contributed by atoms with Crippen LogP contribution in [0, 0.1) is 13.8 Å². The monoisotopic (exact) mass is 532 g/mol. The van der Waals surface area contributed by atoms with Gasteiger partial charge in [0.05, 0.1) is 6.61 Å². The third-order valence-electron chi connectivity index (χ3n) is 6.17. The predicted molar refractivity (Wildman–Crippen MR) is 144 cm³/mol. The average molecular weight is 533 g/mol. The molecule has 3 rings (SSSR count). The largest absolute Gasteiger partial charge is 0.485 e. The Hall–Kier alpha value is -2.80. The van der Waals surface area contributed by atoms with Gasteiger partial charge in [-0.05, 0) is 91.1 Å². The van der Waals surface area contributed by atoms with Gasteiger partial charge < -0.3 is 9.47 Å². The minimum atomic E-state index is -4.23. The summed E-state index contributed by atoms with van der Waals surface area (Å²) in [5.41, 5.74) is 5.58. The number of thiophene rings is 1. The first kappa shape index (κ1) is 28.8. The lowest BCUT2D eigenvalue weighted by molar-refractivity contribution is -0.136. The molecular weight excluding hydrogens is 497 g/mol. The second-order valence-corrected chi connectivity index (χ2v) is 11.4. The molecule has 0 spiro atoms. The first-order chi connectivity index (χ1) is 17.3. The molecule has 0 aliphatic heterocycles. The van der Waals surface area contributed by atoms with Gasteiger partial charge in [-0.3, -0.25) is 0 Å². The van der Waals surface area contributed by atoms with E-state index in [1.54, 1.807) is 19.1 Å². The third-order valence-corrected chi connectivity index (χ3v) is 7.33. The molecule has 3 nitrogen and oxygen atoms in total. The Balaban J connectivity index is 1.87. The van der Waals surface area contributed by atoms with Crippen molar-refractivity contribution >= 4 is 17.3 Å². The summed E-state index contributed by atoms with van der Waals surface area (Å²) in [6, 6.07) is 15.8. The van der Waals surface area contributed by atoms with Gasteiger partial charge >= 0.3 is 12.1 Å². The fourth-order valence-electron chi connectivity index (χ4n) is 4.33. The maximum Gasteiger partial charge on any atom is 0.389 e. The topological polar surface area (TPSA) is 35.5 Å². The Morgan fingerprint density at radius 2 is 1.59 bits per heavy atom. The van der Waals surface area contributed by atoms with Crippen molar-refractivity contribution in [1.82, 2.24) is 0 Å². The normalized spacial score (nSPS) is 12.9. The molecule has 1 unspecified atom stereocenters. The van der Waals surface area contributed by atoms with E-state index in [0.717, 1.165) is 22.3 Å². The minimum absolute atomic E-state index is 0.0659. The first-order valence-electron chi connectivity index (χ1n) is 12.5. The highest BCUT2D eigenvalue weighted by molar-refractivity contribution is 7.14. The highest BCUT2D eigenvalue weighted by Gasteiger charge is 2.28. The maximum atomic E-state index is 12.8. The quantitative estimate of drug-likeness (QED) is 0.258. The van der Waals surface area contributed by atoms with Crippen LogP contribution in [0.5, 0.6) is 5.75 Å². The van der Waals surface area contributed by atoms with Crippen LogP contribution in [0.15, 0.2) is 48.5 Å². The fourth-order valence-corrected chi connectivity index (χ4v) is 5.30. The van der Waals surface area contributed by atoms with E-state index in [9.17, 15) is 18.0 Å². The van der Waals surface area contributed by atoms with Crippen LogP contribution in [0.1, 0.15) is 84.3 Å². The number of rotatable bonds is 9. The molecule has 0 N–H and O–H groups in total. The van der Waals surface area contributed by atoms with Crippen LogP contribution in [0.3, 0.4) is 0 Å². The molecule has 0 fully saturated rings. The van der Waals surface area contributed by atoms with Crippen LogP contribution >= 0.6 is 11.3 Å². The van der Waals surface area contributed by atoms with Crippen LogP contribution in [0.2, 0.25) is 0 Å². The molecular formula is C30H35F3O3S. The molecule has 0 saturated carbocycles. The zero-order chi connectivity index (χ0) is 27.4. The van der Waals surface area contributed by atoms with Gasteiger partial charge in [-0.15, -0.1) is 11.3 Å². The molecule has 200 valence electrons. The number of carbonyl (C=O) groups excluding carboxylic acids is 1. The first-order valence-corrected chi connectivity index (χ1v) is 13.3. The van der Waals surface area contributed by atoms with Crippen molar-refractivity contribution in [3.8, 4) is 16.9 Å². The Bertz CT molecular complexity index is 1180. The van der Waals surface area contributed by atoms with E-state index in [0.29, 0.717) is 15.5 Å². The van der Waals surface area contributed by atoms with Crippen molar-refractivity contribution in [3.63, 3.8) is 0 Å². The van der Waals surface area contributed by atoms with Crippen LogP contribution in [0.4, 0.5) is 13.2 Å². The lowest BCUT2D eigenvalue weighted by Gasteiger charge is -2.21. The summed E-state index contributed by atoms with van der Waals surface area (Å²) in [4.78, 5) is 13.2. The van der Waals surface area contributed by atoms with Gasteiger partial charge in [-0.2, -0.15) is 13.2 Å². The number of benzene rings is 2. The summed E-state index contributed by atoms with van der Waals surface area (Å²) < 4.78 is 49.8. The van der Waals surface area contributed by atoms with E-state index < -0.39 is 24.7 Å². The number of esters is 1. The number of halogens is 3. The van der Waals surface area contributed by atoms with Crippen molar-refractivity contribution in [2.24, 2.45) is 0 Å². The summed E-state index contributed by atoms with van der Waals surface area (Å²) in [6.45, 7) is 12.5. The van der Waals surface area contributed by atoms with Gasteiger partial charge in [0, 0.05) is 11.3 Å². The van der Waals surface area contributed by atoms with E-state index in [1.165, 1.54) is 16.9 Å². The number of aryl methyl sites for hydroxylation is 2. The Labute approximate surface area is 221 Å². The highest BCUT2D eigenvalue weighted by atomic mass is 32.1. The summed E-state index contributed by atoms with van der Waals surface area (Å²) >= 11 is 1.20. The lowest BCUT2D eigenvalue weighted by Crippen LogP contribution is -2.11. The predicted octanol–water partition coefficient (Wildman–Crippen LogP) is 9.36. The smallest absolute Gasteiger partial charge is 0.389 e. The van der Waals surface area contributed by atoms with Crippen LogP contribution in [-0.2, 0) is 10.2 Å². The second-order valence-electron chi connectivity index (χ2n) is 10.3. The Kier molecular flexibility index (Phi) is 9.11. The van der Waals surface area contributed by atoms with Gasteiger partial charge in [0.15, 0.2) is 0 Å².